The lowest BCUT2D eigenvalue weighted by atomic mass is 9.78. The van der Waals surface area contributed by atoms with Crippen molar-refractivity contribution < 1.29 is 71.9 Å². The van der Waals surface area contributed by atoms with Crippen LogP contribution >= 0.6 is 11.6 Å². The van der Waals surface area contributed by atoms with Gasteiger partial charge in [0.2, 0.25) is 11.8 Å². The van der Waals surface area contributed by atoms with Gasteiger partial charge in [0.15, 0.2) is 5.78 Å². The molecule has 0 spiro atoms. The first kappa shape index (κ1) is 66.8. The highest BCUT2D eigenvalue weighted by atomic mass is 35.5. The highest BCUT2D eigenvalue weighted by molar-refractivity contribution is 6.35. The van der Waals surface area contributed by atoms with E-state index >= 15 is 0 Å². The number of anilines is 2. The van der Waals surface area contributed by atoms with Crippen molar-refractivity contribution in [1.29, 1.82) is 0 Å². The highest BCUT2D eigenvalue weighted by Gasteiger charge is 2.64. The van der Waals surface area contributed by atoms with Crippen LogP contribution in [0.25, 0.3) is 0 Å². The van der Waals surface area contributed by atoms with Crippen molar-refractivity contribution in [1.82, 2.24) is 10.6 Å². The van der Waals surface area contributed by atoms with Crippen LogP contribution in [0.2, 0.25) is 5.02 Å². The first-order valence-corrected chi connectivity index (χ1v) is 29.7. The van der Waals surface area contributed by atoms with E-state index in [0.29, 0.717) is 60.4 Å². The van der Waals surface area contributed by atoms with Crippen LogP contribution in [0.1, 0.15) is 149 Å². The quantitative estimate of drug-likeness (QED) is 0.0301. The van der Waals surface area contributed by atoms with Crippen molar-refractivity contribution in [3.63, 3.8) is 0 Å². The lowest BCUT2D eigenvalue weighted by Crippen LogP contribution is -2.53. The van der Waals surface area contributed by atoms with E-state index in [4.69, 9.17) is 45.8 Å². The van der Waals surface area contributed by atoms with Crippen LogP contribution < -0.4 is 31.3 Å². The van der Waals surface area contributed by atoms with Gasteiger partial charge in [-0.3, -0.25) is 34.1 Å². The van der Waals surface area contributed by atoms with Crippen molar-refractivity contribution in [2.24, 2.45) is 29.4 Å². The Balaban J connectivity index is 1.15. The van der Waals surface area contributed by atoms with E-state index in [1.54, 1.807) is 70.3 Å². The van der Waals surface area contributed by atoms with Crippen molar-refractivity contribution in [2.75, 3.05) is 38.0 Å². The molecule has 2 aromatic carbocycles. The molecule has 84 heavy (non-hydrogen) atoms. The topological polar surface area (TPSA) is 281 Å². The number of unbranched alkanes of at least 4 members (excludes halogenated alkanes) is 1. The lowest BCUT2D eigenvalue weighted by Gasteiger charge is -2.41. The van der Waals surface area contributed by atoms with Gasteiger partial charge in [-0.2, -0.15) is 0 Å². The number of primary amides is 1. The maximum absolute atomic E-state index is 14.5. The summed E-state index contributed by atoms with van der Waals surface area (Å²) in [6, 6.07) is 6.78. The van der Waals surface area contributed by atoms with Crippen molar-refractivity contribution >= 4 is 70.4 Å². The van der Waals surface area contributed by atoms with Gasteiger partial charge in [0.1, 0.15) is 51.7 Å². The average Bonchev–Trinajstić information content (AvgIpc) is 2.29. The van der Waals surface area contributed by atoms with Gasteiger partial charge in [-0.1, -0.05) is 68.7 Å². The second-order valence-corrected chi connectivity index (χ2v) is 24.9. The van der Waals surface area contributed by atoms with Crippen LogP contribution in [0.4, 0.5) is 21.0 Å². The number of methoxy groups -OCH3 is 2. The minimum absolute atomic E-state index is 0.00819. The summed E-state index contributed by atoms with van der Waals surface area (Å²) in [7, 11) is 4.49. The first-order valence-electron chi connectivity index (χ1n) is 29.3. The SMILES string of the molecule is COc1cc2cc(c1Cl)N(C)C(=O)C[C@H](OC(=O)Nc1ccc(CC(=O)[C@H](CCCNC(N)=O)NC(=O)[C@@H](CC(=O)CCCCC(C)(C)OC(=O)C3CCC3)C(C)C)c(C)c1)[C@]1(C)O[C@H]1[C@H](C)[C@@H]1C[C@@](O)(CC(=O)O1)[C@H](OC)/C=C/C=C(\C)C2. The molecule has 5 amide bonds. The molecule has 462 valence electrons. The second-order valence-electron chi connectivity index (χ2n) is 24.5. The number of halogens is 1. The number of nitrogens with two attached hydrogens (primary N) is 1. The number of aryl methyl sites for hydroxylation is 1. The fraction of sp³-hybridized carbons (Fsp3) is 0.619. The number of aliphatic hydroxyl groups is 1. The van der Waals surface area contributed by atoms with E-state index in [-0.39, 0.29) is 85.9 Å². The number of benzene rings is 2. The number of carbonyl (C=O) groups is 8. The van der Waals surface area contributed by atoms with Crippen molar-refractivity contribution in [3.05, 3.63) is 75.8 Å². The Morgan fingerprint density at radius 3 is 2.39 bits per heavy atom. The number of ketones is 2. The van der Waals surface area contributed by atoms with Crippen LogP contribution in [0, 0.1) is 30.6 Å². The Labute approximate surface area is 499 Å². The highest BCUT2D eigenvalue weighted by Crippen LogP contribution is 2.50. The zero-order valence-corrected chi connectivity index (χ0v) is 51.4. The molecule has 0 unspecified atom stereocenters. The van der Waals surface area contributed by atoms with E-state index < -0.39 is 89.0 Å². The second kappa shape index (κ2) is 29.2. The molecule has 4 bridgehead atoms. The molecule has 3 heterocycles. The number of urea groups is 1. The van der Waals surface area contributed by atoms with Gasteiger partial charge in [-0.25, -0.2) is 9.59 Å². The van der Waals surface area contributed by atoms with Crippen LogP contribution in [-0.4, -0.2) is 128 Å². The number of ether oxygens (including phenoxy) is 6. The maximum atomic E-state index is 14.5. The third kappa shape index (κ3) is 17.9. The Bertz CT molecular complexity index is 2810. The first-order chi connectivity index (χ1) is 39.6. The zero-order valence-electron chi connectivity index (χ0n) is 50.7. The number of hydrogen-bond acceptors (Lipinski definition) is 15. The Morgan fingerprint density at radius 1 is 1.02 bits per heavy atom. The fourth-order valence-corrected chi connectivity index (χ4v) is 11.7. The van der Waals surface area contributed by atoms with Gasteiger partial charge in [-0.15, -0.1) is 0 Å². The van der Waals surface area contributed by atoms with Gasteiger partial charge in [0.05, 0.1) is 43.7 Å². The summed E-state index contributed by atoms with van der Waals surface area (Å²) in [4.78, 5) is 109. The van der Waals surface area contributed by atoms with E-state index in [1.165, 1.54) is 19.1 Å². The molecular weight excluding hydrogens is 1100 g/mol. The number of esters is 2. The van der Waals surface area contributed by atoms with Crippen molar-refractivity contribution in [3.8, 4) is 5.75 Å². The lowest BCUT2D eigenvalue weighted by molar-refractivity contribution is -0.187. The molecule has 2 saturated heterocycles. The number of nitrogens with zero attached hydrogens (tertiary/aromatic N) is 1. The average molecular weight is 1190 g/mol. The molecule has 0 aromatic heterocycles. The van der Waals surface area contributed by atoms with Crippen molar-refractivity contribution in [2.45, 2.75) is 199 Å². The maximum Gasteiger partial charge on any atom is 0.412 e. The number of amides is 5. The molecule has 3 fully saturated rings. The van der Waals surface area contributed by atoms with Crippen LogP contribution in [-0.2, 0) is 65.3 Å². The monoisotopic (exact) mass is 1190 g/mol. The molecule has 2 aromatic rings. The summed E-state index contributed by atoms with van der Waals surface area (Å²) in [5.41, 5.74) is 5.29. The number of carbonyl (C=O) groups excluding carboxylic acids is 8. The predicted octanol–water partition coefficient (Wildman–Crippen LogP) is 8.89. The Hall–Kier alpha value is -6.35. The summed E-state index contributed by atoms with van der Waals surface area (Å²) in [5.74, 6) is -3.31. The number of Topliss-reactive ketones (excluding diaryl/α,β-unsaturated/α-hetero) is 2. The Morgan fingerprint density at radius 2 is 1.75 bits per heavy atom. The van der Waals surface area contributed by atoms with Crippen LogP contribution in [0.3, 0.4) is 0 Å². The van der Waals surface area contributed by atoms with Gasteiger partial charge in [-0.05, 0) is 133 Å². The number of allylic oxidation sites excluding steroid dienone is 3. The zero-order chi connectivity index (χ0) is 61.8. The Kier molecular flexibility index (Phi) is 23.2. The molecule has 6 N–H and O–H groups in total. The summed E-state index contributed by atoms with van der Waals surface area (Å²) < 4.78 is 35.5. The molecule has 3 aliphatic heterocycles. The van der Waals surface area contributed by atoms with Crippen LogP contribution in [0.15, 0.2) is 54.1 Å². The van der Waals surface area contributed by atoms with E-state index in [0.717, 1.165) is 30.4 Å². The van der Waals surface area contributed by atoms with E-state index in [2.05, 4.69) is 16.0 Å². The molecule has 21 heteroatoms. The minimum atomic E-state index is -1.64. The summed E-state index contributed by atoms with van der Waals surface area (Å²) in [6.45, 7) is 14.8. The molecule has 9 atom stereocenters. The molecule has 1 saturated carbocycles. The summed E-state index contributed by atoms with van der Waals surface area (Å²) in [6.07, 6.45) is 5.66. The molecule has 4 aliphatic rings. The minimum Gasteiger partial charge on any atom is -0.495 e. The van der Waals surface area contributed by atoms with Gasteiger partial charge >= 0.3 is 24.1 Å². The molecule has 0 radical (unpaired) electrons. The molecule has 20 nitrogen and oxygen atoms in total. The number of fused-ring (bicyclic) bond motifs is 5. The smallest absolute Gasteiger partial charge is 0.412 e. The third-order valence-corrected chi connectivity index (χ3v) is 17.4. The van der Waals surface area contributed by atoms with E-state index in [1.807, 2.05) is 40.7 Å². The summed E-state index contributed by atoms with van der Waals surface area (Å²) >= 11 is 6.86. The molecular formula is C63H88ClN5O15. The number of epoxide rings is 1. The normalized spacial score (nSPS) is 25.5. The van der Waals surface area contributed by atoms with Gasteiger partial charge < -0.3 is 54.8 Å². The van der Waals surface area contributed by atoms with Gasteiger partial charge in [0, 0.05) is 63.9 Å². The molecule has 1 aliphatic carbocycles. The number of rotatable bonds is 23. The third-order valence-electron chi connectivity index (χ3n) is 17.0. The molecule has 6 rings (SSSR count). The largest absolute Gasteiger partial charge is 0.495 e. The van der Waals surface area contributed by atoms with Gasteiger partial charge in [0.25, 0.3) is 0 Å². The standard InChI is InChI=1S/C63H88ClN5O15/c1-36(2)45(32-44(70)20-12-13-25-61(6,7)84-58(75)41-18-15-19-41)57(74)68-46(21-16-26-66-59(65)76)48(71)31-42-23-24-43(28-38(42)4)67-60(77)82-52-33-53(72)69(9)47-29-40(30-49(79-10)55(47)64)27-37(3)17-14-22-51(80-11)63(78)34-50(81-54(73)35-63)39(5)56-62(52,8)83-56/h14,17,22-24,28-30,36,39,41,45-46,50-52,56,78H,12-13,15-16,18-21,25-27,31-35H2,1-11H3,(H,67,77)(H,68,74)(H3,65,66,76)/b22-14+,37-17+/t39-,45+,46+,50+,51-,52+,56+,62+,63-/m1/s1. The van der Waals surface area contributed by atoms with Crippen LogP contribution in [0.5, 0.6) is 5.75 Å². The van der Waals surface area contributed by atoms with E-state index in [9.17, 15) is 43.5 Å². The summed E-state index contributed by atoms with van der Waals surface area (Å²) in [5, 5.41) is 20.4. The number of nitrogens with one attached hydrogen (secondary N) is 3. The predicted molar refractivity (Wildman–Crippen MR) is 316 cm³/mol. The number of hydrogen-bond donors (Lipinski definition) is 5. The fourth-order valence-electron chi connectivity index (χ4n) is 11.4.